The number of carbonyl (C=O) groups is 1. The number of likely N-dealkylation sites (tertiary alicyclic amines) is 1. The molecule has 3 rings (SSSR count). The van der Waals surface area contributed by atoms with Crippen LogP contribution in [0.15, 0.2) is 30.3 Å². The molecule has 0 aromatic heterocycles. The Morgan fingerprint density at radius 3 is 2.59 bits per heavy atom. The molecule has 2 fully saturated rings. The van der Waals surface area contributed by atoms with E-state index in [1.807, 2.05) is 6.07 Å². The molecule has 2 aliphatic rings. The standard InChI is InChI=1S/C17H25N3O.ClH/c21-17(15-9-6-10-18-15)19-13-16(20-11-4-5-12-20)14-7-2-1-3-8-14;/h1-3,7-8,15-16,18H,4-6,9-13H2,(H,19,21);1H. The smallest absolute Gasteiger partial charge is 0.237 e. The summed E-state index contributed by atoms with van der Waals surface area (Å²) in [6, 6.07) is 10.9. The van der Waals surface area contributed by atoms with Gasteiger partial charge in [-0.15, -0.1) is 12.4 Å². The van der Waals surface area contributed by atoms with E-state index >= 15 is 0 Å². The van der Waals surface area contributed by atoms with Gasteiger partial charge in [0.15, 0.2) is 0 Å². The van der Waals surface area contributed by atoms with Crippen molar-refractivity contribution < 1.29 is 4.79 Å². The lowest BCUT2D eigenvalue weighted by Gasteiger charge is -2.28. The number of benzene rings is 1. The molecule has 2 N–H and O–H groups in total. The summed E-state index contributed by atoms with van der Waals surface area (Å²) in [5, 5.41) is 6.42. The van der Waals surface area contributed by atoms with E-state index in [4.69, 9.17) is 0 Å². The third kappa shape index (κ3) is 4.22. The van der Waals surface area contributed by atoms with Gasteiger partial charge in [-0.3, -0.25) is 9.69 Å². The second kappa shape index (κ2) is 8.51. The van der Waals surface area contributed by atoms with E-state index in [2.05, 4.69) is 39.8 Å². The molecule has 0 saturated carbocycles. The maximum atomic E-state index is 12.2. The summed E-state index contributed by atoms with van der Waals surface area (Å²) in [7, 11) is 0. The molecule has 2 saturated heterocycles. The summed E-state index contributed by atoms with van der Waals surface area (Å²) < 4.78 is 0. The van der Waals surface area contributed by atoms with Gasteiger partial charge in [0.1, 0.15) is 0 Å². The third-order valence-corrected chi connectivity index (χ3v) is 4.61. The molecule has 0 aliphatic carbocycles. The summed E-state index contributed by atoms with van der Waals surface area (Å²) in [5.74, 6) is 0.160. The highest BCUT2D eigenvalue weighted by Crippen LogP contribution is 2.24. The van der Waals surface area contributed by atoms with E-state index in [0.29, 0.717) is 12.6 Å². The molecule has 2 aliphatic heterocycles. The van der Waals surface area contributed by atoms with Crippen molar-refractivity contribution in [2.75, 3.05) is 26.2 Å². The average molecular weight is 324 g/mol. The fraction of sp³-hybridized carbons (Fsp3) is 0.588. The topological polar surface area (TPSA) is 44.4 Å². The quantitative estimate of drug-likeness (QED) is 0.872. The maximum absolute atomic E-state index is 12.2. The number of halogens is 1. The van der Waals surface area contributed by atoms with Crippen molar-refractivity contribution in [3.05, 3.63) is 35.9 Å². The van der Waals surface area contributed by atoms with E-state index in [-0.39, 0.29) is 24.4 Å². The Morgan fingerprint density at radius 1 is 1.23 bits per heavy atom. The van der Waals surface area contributed by atoms with Crippen molar-refractivity contribution in [3.63, 3.8) is 0 Å². The van der Waals surface area contributed by atoms with Crippen LogP contribution in [0, 0.1) is 0 Å². The molecule has 1 aromatic rings. The van der Waals surface area contributed by atoms with Gasteiger partial charge in [-0.05, 0) is 50.9 Å². The second-order valence-electron chi connectivity index (χ2n) is 6.06. The number of hydrogen-bond acceptors (Lipinski definition) is 3. The SMILES string of the molecule is Cl.O=C(NCC(c1ccccc1)N1CCCC1)C1CCCN1. The Bertz CT molecular complexity index is 456. The van der Waals surface area contributed by atoms with E-state index in [9.17, 15) is 4.79 Å². The molecule has 22 heavy (non-hydrogen) atoms. The van der Waals surface area contributed by atoms with Gasteiger partial charge in [-0.25, -0.2) is 0 Å². The van der Waals surface area contributed by atoms with Crippen LogP contribution >= 0.6 is 12.4 Å². The van der Waals surface area contributed by atoms with E-state index in [0.717, 1.165) is 32.5 Å². The van der Waals surface area contributed by atoms with Gasteiger partial charge in [0.25, 0.3) is 0 Å². The maximum Gasteiger partial charge on any atom is 0.237 e. The van der Waals surface area contributed by atoms with Crippen molar-refractivity contribution in [3.8, 4) is 0 Å². The highest BCUT2D eigenvalue weighted by molar-refractivity contribution is 5.85. The number of carbonyl (C=O) groups excluding carboxylic acids is 1. The van der Waals surface area contributed by atoms with Crippen LogP contribution in [0.2, 0.25) is 0 Å². The van der Waals surface area contributed by atoms with Crippen LogP contribution in [-0.4, -0.2) is 43.0 Å². The minimum Gasteiger partial charge on any atom is -0.353 e. The highest BCUT2D eigenvalue weighted by Gasteiger charge is 2.26. The van der Waals surface area contributed by atoms with Gasteiger partial charge in [-0.1, -0.05) is 30.3 Å². The van der Waals surface area contributed by atoms with E-state index in [1.165, 1.54) is 18.4 Å². The normalized spacial score (nSPS) is 23.0. The second-order valence-corrected chi connectivity index (χ2v) is 6.06. The van der Waals surface area contributed by atoms with Crippen LogP contribution in [0.1, 0.15) is 37.3 Å². The van der Waals surface area contributed by atoms with E-state index in [1.54, 1.807) is 0 Å². The Morgan fingerprint density at radius 2 is 1.95 bits per heavy atom. The zero-order valence-electron chi connectivity index (χ0n) is 13.0. The molecule has 1 amide bonds. The summed E-state index contributed by atoms with van der Waals surface area (Å²) in [5.41, 5.74) is 1.30. The zero-order valence-corrected chi connectivity index (χ0v) is 13.8. The summed E-state index contributed by atoms with van der Waals surface area (Å²) >= 11 is 0. The van der Waals surface area contributed by atoms with Gasteiger partial charge in [-0.2, -0.15) is 0 Å². The summed E-state index contributed by atoms with van der Waals surface area (Å²) in [6.45, 7) is 3.95. The number of hydrogen-bond donors (Lipinski definition) is 2. The van der Waals surface area contributed by atoms with E-state index < -0.39 is 0 Å². The lowest BCUT2D eigenvalue weighted by molar-refractivity contribution is -0.123. The molecule has 0 spiro atoms. The Kier molecular flexibility index (Phi) is 6.68. The fourth-order valence-corrected chi connectivity index (χ4v) is 3.42. The Hall–Kier alpha value is -1.10. The van der Waals surface area contributed by atoms with Crippen LogP contribution in [0.4, 0.5) is 0 Å². The first-order valence-electron chi connectivity index (χ1n) is 8.15. The molecular formula is C17H26ClN3O. The first-order valence-corrected chi connectivity index (χ1v) is 8.15. The molecule has 2 atom stereocenters. The lowest BCUT2D eigenvalue weighted by atomic mass is 10.1. The van der Waals surface area contributed by atoms with Crippen LogP contribution in [-0.2, 0) is 4.79 Å². The monoisotopic (exact) mass is 323 g/mol. The minimum atomic E-state index is 0. The van der Waals surface area contributed by atoms with Gasteiger partial charge in [0, 0.05) is 6.54 Å². The fourth-order valence-electron chi connectivity index (χ4n) is 3.42. The number of rotatable bonds is 5. The van der Waals surface area contributed by atoms with Crippen molar-refractivity contribution in [2.45, 2.75) is 37.8 Å². The molecule has 0 bridgehead atoms. The summed E-state index contributed by atoms with van der Waals surface area (Å²) in [6.07, 6.45) is 4.60. The van der Waals surface area contributed by atoms with Gasteiger partial charge >= 0.3 is 0 Å². The van der Waals surface area contributed by atoms with Crippen LogP contribution in [0.25, 0.3) is 0 Å². The molecule has 1 aromatic carbocycles. The molecule has 122 valence electrons. The van der Waals surface area contributed by atoms with Crippen molar-refractivity contribution >= 4 is 18.3 Å². The van der Waals surface area contributed by atoms with Crippen molar-refractivity contribution in [1.29, 1.82) is 0 Å². The predicted octanol–water partition coefficient (Wildman–Crippen LogP) is 2.11. The molecule has 2 unspecified atom stereocenters. The lowest BCUT2D eigenvalue weighted by Crippen LogP contribution is -2.44. The van der Waals surface area contributed by atoms with Gasteiger partial charge in [0.05, 0.1) is 12.1 Å². The van der Waals surface area contributed by atoms with Crippen LogP contribution in [0.5, 0.6) is 0 Å². The zero-order chi connectivity index (χ0) is 14.5. The van der Waals surface area contributed by atoms with Gasteiger partial charge < -0.3 is 10.6 Å². The van der Waals surface area contributed by atoms with Crippen LogP contribution < -0.4 is 10.6 Å². The first-order chi connectivity index (χ1) is 10.3. The van der Waals surface area contributed by atoms with Crippen molar-refractivity contribution in [2.24, 2.45) is 0 Å². The highest BCUT2D eigenvalue weighted by atomic mass is 35.5. The molecule has 4 nitrogen and oxygen atoms in total. The predicted molar refractivity (Wildman–Crippen MR) is 91.3 cm³/mol. The molecule has 0 radical (unpaired) electrons. The number of amides is 1. The third-order valence-electron chi connectivity index (χ3n) is 4.61. The molecule has 5 heteroatoms. The Balaban J connectivity index is 0.00000176. The number of nitrogens with one attached hydrogen (secondary N) is 2. The average Bonchev–Trinajstić information content (AvgIpc) is 3.22. The minimum absolute atomic E-state index is 0. The first kappa shape index (κ1) is 17.3. The molecule has 2 heterocycles. The number of nitrogens with zero attached hydrogens (tertiary/aromatic N) is 1. The largest absolute Gasteiger partial charge is 0.353 e. The van der Waals surface area contributed by atoms with Crippen molar-refractivity contribution in [1.82, 2.24) is 15.5 Å². The van der Waals surface area contributed by atoms with Crippen LogP contribution in [0.3, 0.4) is 0 Å². The Labute approximate surface area is 139 Å². The van der Waals surface area contributed by atoms with Gasteiger partial charge in [0.2, 0.25) is 5.91 Å². The molecular weight excluding hydrogens is 298 g/mol. The summed E-state index contributed by atoms with van der Waals surface area (Å²) in [4.78, 5) is 14.7.